The van der Waals surface area contributed by atoms with Crippen molar-refractivity contribution in [3.63, 3.8) is 0 Å². The van der Waals surface area contributed by atoms with Gasteiger partial charge in [-0.15, -0.1) is 0 Å². The van der Waals surface area contributed by atoms with Crippen molar-refractivity contribution in [2.45, 2.75) is 32.3 Å². The monoisotopic (exact) mass is 359 g/mol. The molecule has 1 unspecified atom stereocenters. The Balaban J connectivity index is 1.72. The number of aryl methyl sites for hydroxylation is 1. The van der Waals surface area contributed by atoms with E-state index in [1.54, 1.807) is 19.5 Å². The summed E-state index contributed by atoms with van der Waals surface area (Å²) in [7, 11) is 1.65. The van der Waals surface area contributed by atoms with Crippen molar-refractivity contribution in [3.05, 3.63) is 41.2 Å². The number of amides is 1. The number of likely N-dealkylation sites (tertiary alicyclic amines) is 1. The molecule has 0 aromatic carbocycles. The van der Waals surface area contributed by atoms with Gasteiger partial charge in [-0.3, -0.25) is 9.89 Å². The van der Waals surface area contributed by atoms with Crippen LogP contribution in [0.15, 0.2) is 18.6 Å². The van der Waals surface area contributed by atoms with Crippen LogP contribution in [-0.4, -0.2) is 64.4 Å². The van der Waals surface area contributed by atoms with Gasteiger partial charge in [-0.1, -0.05) is 0 Å². The van der Waals surface area contributed by atoms with Crippen molar-refractivity contribution in [1.29, 1.82) is 0 Å². The Hall–Kier alpha value is -2.32. The van der Waals surface area contributed by atoms with E-state index in [1.165, 1.54) is 0 Å². The molecule has 1 aliphatic rings. The van der Waals surface area contributed by atoms with Gasteiger partial charge in [-0.05, 0) is 19.8 Å². The van der Waals surface area contributed by atoms with E-state index in [4.69, 9.17) is 9.47 Å². The normalized spacial score (nSPS) is 17.5. The summed E-state index contributed by atoms with van der Waals surface area (Å²) in [5.74, 6) is 0.924. The molecule has 1 saturated heterocycles. The first kappa shape index (κ1) is 18.5. The highest BCUT2D eigenvalue weighted by Gasteiger charge is 2.28. The van der Waals surface area contributed by atoms with Gasteiger partial charge in [-0.2, -0.15) is 5.10 Å². The highest BCUT2D eigenvalue weighted by atomic mass is 16.5. The molecule has 2 aromatic heterocycles. The predicted molar refractivity (Wildman–Crippen MR) is 94.8 cm³/mol. The number of aromatic nitrogens is 4. The Morgan fingerprint density at radius 2 is 2.27 bits per heavy atom. The van der Waals surface area contributed by atoms with E-state index < -0.39 is 0 Å². The summed E-state index contributed by atoms with van der Waals surface area (Å²) < 4.78 is 10.7. The van der Waals surface area contributed by atoms with Crippen molar-refractivity contribution < 1.29 is 14.3 Å². The Kier molecular flexibility index (Phi) is 6.30. The summed E-state index contributed by atoms with van der Waals surface area (Å²) in [6, 6.07) is 0. The van der Waals surface area contributed by atoms with Gasteiger partial charge in [0.15, 0.2) is 0 Å². The number of hydrogen-bond donors (Lipinski definition) is 1. The van der Waals surface area contributed by atoms with Crippen molar-refractivity contribution in [2.75, 3.05) is 33.4 Å². The smallest absolute Gasteiger partial charge is 0.257 e. The summed E-state index contributed by atoms with van der Waals surface area (Å²) in [6.07, 6.45) is 6.98. The SMILES string of the molecule is COCCOCc1cnc(C)nc1C1CCCN(C(=O)c2cn[nH]c2)C1. The number of rotatable bonds is 7. The number of nitrogens with zero attached hydrogens (tertiary/aromatic N) is 4. The molecule has 26 heavy (non-hydrogen) atoms. The molecule has 1 aliphatic heterocycles. The van der Waals surface area contributed by atoms with Crippen LogP contribution in [-0.2, 0) is 16.1 Å². The second-order valence-corrected chi connectivity index (χ2v) is 6.45. The van der Waals surface area contributed by atoms with E-state index in [2.05, 4.69) is 20.2 Å². The molecule has 1 amide bonds. The van der Waals surface area contributed by atoms with Crippen LogP contribution in [0.25, 0.3) is 0 Å². The predicted octanol–water partition coefficient (Wildman–Crippen LogP) is 1.69. The highest BCUT2D eigenvalue weighted by Crippen LogP contribution is 2.29. The Morgan fingerprint density at radius 1 is 1.38 bits per heavy atom. The topological polar surface area (TPSA) is 93.2 Å². The van der Waals surface area contributed by atoms with Gasteiger partial charge in [-0.25, -0.2) is 9.97 Å². The third-order valence-corrected chi connectivity index (χ3v) is 4.55. The second-order valence-electron chi connectivity index (χ2n) is 6.45. The van der Waals surface area contributed by atoms with Gasteiger partial charge in [0, 0.05) is 44.1 Å². The number of nitrogens with one attached hydrogen (secondary N) is 1. The number of ether oxygens (including phenoxy) is 2. The highest BCUT2D eigenvalue weighted by molar-refractivity contribution is 5.93. The van der Waals surface area contributed by atoms with Crippen molar-refractivity contribution in [2.24, 2.45) is 0 Å². The molecule has 0 aliphatic carbocycles. The molecule has 3 heterocycles. The van der Waals surface area contributed by atoms with Crippen molar-refractivity contribution in [1.82, 2.24) is 25.1 Å². The Morgan fingerprint density at radius 3 is 3.04 bits per heavy atom. The minimum Gasteiger partial charge on any atom is -0.382 e. The molecule has 0 bridgehead atoms. The van der Waals surface area contributed by atoms with Gasteiger partial charge in [0.05, 0.1) is 37.3 Å². The van der Waals surface area contributed by atoms with E-state index >= 15 is 0 Å². The average molecular weight is 359 g/mol. The first-order valence-corrected chi connectivity index (χ1v) is 8.86. The Labute approximate surface area is 152 Å². The molecule has 0 spiro atoms. The standard InChI is InChI=1S/C18H25N5O3/c1-13-19-8-16(12-26-7-6-25-2)17(22-13)14-4-3-5-23(11-14)18(24)15-9-20-21-10-15/h8-10,14H,3-7,11-12H2,1-2H3,(H,20,21). The van der Waals surface area contributed by atoms with Crippen LogP contribution in [0.3, 0.4) is 0 Å². The lowest BCUT2D eigenvalue weighted by Gasteiger charge is -2.33. The first-order valence-electron chi connectivity index (χ1n) is 8.86. The largest absolute Gasteiger partial charge is 0.382 e. The maximum absolute atomic E-state index is 12.6. The zero-order valence-electron chi connectivity index (χ0n) is 15.3. The lowest BCUT2D eigenvalue weighted by Crippen LogP contribution is -2.39. The van der Waals surface area contributed by atoms with Crippen LogP contribution in [0, 0.1) is 6.92 Å². The van der Waals surface area contributed by atoms with Crippen LogP contribution in [0.4, 0.5) is 0 Å². The van der Waals surface area contributed by atoms with Crippen molar-refractivity contribution >= 4 is 5.91 Å². The number of hydrogen-bond acceptors (Lipinski definition) is 6. The molecule has 140 valence electrons. The molecule has 1 atom stereocenters. The number of carbonyl (C=O) groups excluding carboxylic acids is 1. The summed E-state index contributed by atoms with van der Waals surface area (Å²) in [5.41, 5.74) is 2.56. The minimum atomic E-state index is 0.00660. The van der Waals surface area contributed by atoms with E-state index in [0.29, 0.717) is 31.9 Å². The minimum absolute atomic E-state index is 0.00660. The molecule has 1 N–H and O–H groups in total. The number of piperidine rings is 1. The molecule has 8 nitrogen and oxygen atoms in total. The fourth-order valence-electron chi connectivity index (χ4n) is 3.24. The zero-order chi connectivity index (χ0) is 18.4. The Bertz CT molecular complexity index is 720. The summed E-state index contributed by atoms with van der Waals surface area (Å²) >= 11 is 0. The summed E-state index contributed by atoms with van der Waals surface area (Å²) in [4.78, 5) is 23.5. The first-order chi connectivity index (χ1) is 12.7. The third kappa shape index (κ3) is 4.44. The van der Waals surface area contributed by atoms with Crippen LogP contribution >= 0.6 is 0 Å². The maximum Gasteiger partial charge on any atom is 0.257 e. The molecular weight excluding hydrogens is 334 g/mol. The molecule has 1 fully saturated rings. The zero-order valence-corrected chi connectivity index (χ0v) is 15.3. The van der Waals surface area contributed by atoms with E-state index in [1.807, 2.05) is 18.0 Å². The lowest BCUT2D eigenvalue weighted by molar-refractivity contribution is 0.0602. The van der Waals surface area contributed by atoms with Gasteiger partial charge in [0.25, 0.3) is 5.91 Å². The molecular formula is C18H25N5O3. The number of aromatic amines is 1. The van der Waals surface area contributed by atoms with Crippen LogP contribution in [0.5, 0.6) is 0 Å². The molecule has 0 radical (unpaired) electrons. The fraction of sp³-hybridized carbons (Fsp3) is 0.556. The van der Waals surface area contributed by atoms with Crippen molar-refractivity contribution in [3.8, 4) is 0 Å². The summed E-state index contributed by atoms with van der Waals surface area (Å²) in [6.45, 7) is 4.81. The number of carbonyl (C=O) groups is 1. The van der Waals surface area contributed by atoms with Crippen LogP contribution < -0.4 is 0 Å². The molecule has 3 rings (SSSR count). The maximum atomic E-state index is 12.6. The number of H-pyrrole nitrogens is 1. The van der Waals surface area contributed by atoms with E-state index in [9.17, 15) is 4.79 Å². The van der Waals surface area contributed by atoms with E-state index in [-0.39, 0.29) is 11.8 Å². The van der Waals surface area contributed by atoms with Crippen LogP contribution in [0.1, 0.15) is 46.2 Å². The molecule has 8 heteroatoms. The van der Waals surface area contributed by atoms with Crippen LogP contribution in [0.2, 0.25) is 0 Å². The summed E-state index contributed by atoms with van der Waals surface area (Å²) in [5, 5.41) is 6.57. The van der Waals surface area contributed by atoms with Gasteiger partial charge < -0.3 is 14.4 Å². The van der Waals surface area contributed by atoms with Gasteiger partial charge in [0.2, 0.25) is 0 Å². The average Bonchev–Trinajstić information content (AvgIpc) is 3.20. The third-order valence-electron chi connectivity index (χ3n) is 4.55. The van der Waals surface area contributed by atoms with E-state index in [0.717, 1.165) is 36.5 Å². The van der Waals surface area contributed by atoms with Gasteiger partial charge >= 0.3 is 0 Å². The quantitative estimate of drug-likeness (QED) is 0.756. The second kappa shape index (κ2) is 8.86. The molecule has 2 aromatic rings. The molecule has 0 saturated carbocycles. The fourth-order valence-corrected chi connectivity index (χ4v) is 3.24. The van der Waals surface area contributed by atoms with Gasteiger partial charge in [0.1, 0.15) is 5.82 Å². The lowest BCUT2D eigenvalue weighted by atomic mass is 9.91. The number of methoxy groups -OCH3 is 1.